The number of anilines is 2. The Hall–Kier alpha value is -4.36. The summed E-state index contributed by atoms with van der Waals surface area (Å²) < 4.78 is 29.5. The first kappa shape index (κ1) is 25.4. The quantitative estimate of drug-likeness (QED) is 0.327. The summed E-state index contributed by atoms with van der Waals surface area (Å²) in [6.07, 6.45) is 7.87. The summed E-state index contributed by atoms with van der Waals surface area (Å²) in [6, 6.07) is 7.91. The molecule has 216 valence electrons. The Kier molecular flexibility index (Phi) is 6.33. The molecule has 0 radical (unpaired) electrons. The van der Waals surface area contributed by atoms with Crippen LogP contribution in [0.15, 0.2) is 43.1 Å². The molecule has 1 aromatic carbocycles. The molecular weight excluding hydrogens is 539 g/mol. The van der Waals surface area contributed by atoms with Crippen LogP contribution in [-0.2, 0) is 17.7 Å². The van der Waals surface area contributed by atoms with E-state index in [1.165, 1.54) is 6.07 Å². The van der Waals surface area contributed by atoms with Crippen LogP contribution in [0.25, 0.3) is 22.4 Å². The summed E-state index contributed by atoms with van der Waals surface area (Å²) >= 11 is 0. The van der Waals surface area contributed by atoms with Gasteiger partial charge in [0.15, 0.2) is 11.3 Å². The number of benzene rings is 1. The average Bonchev–Trinajstić information content (AvgIpc) is 3.82. The maximum absolute atomic E-state index is 14.7. The van der Waals surface area contributed by atoms with E-state index in [-0.39, 0.29) is 12.4 Å². The molecule has 0 saturated carbocycles. The Labute approximate surface area is 241 Å². The monoisotopic (exact) mass is 570 g/mol. The summed E-state index contributed by atoms with van der Waals surface area (Å²) in [6.45, 7) is 6.46. The number of fused-ring (bicyclic) bond motifs is 3. The van der Waals surface area contributed by atoms with E-state index in [4.69, 9.17) is 9.47 Å². The fraction of sp³-hybridized carbons (Fsp3) is 0.414. The first-order chi connectivity index (χ1) is 20.7. The highest BCUT2D eigenvalue weighted by Crippen LogP contribution is 2.33. The predicted molar refractivity (Wildman–Crippen MR) is 153 cm³/mol. The van der Waals surface area contributed by atoms with Gasteiger partial charge in [0, 0.05) is 73.6 Å². The van der Waals surface area contributed by atoms with E-state index in [1.807, 2.05) is 4.52 Å². The van der Waals surface area contributed by atoms with Crippen LogP contribution in [0.2, 0.25) is 0 Å². The van der Waals surface area contributed by atoms with Crippen molar-refractivity contribution in [2.75, 3.05) is 56.2 Å². The molecule has 0 spiro atoms. The SMILES string of the molecule is Fc1ccc2c(c1CNc1ncc(-c3ccc(N4CCC(N5CCOCC5)CC4)n4ncnc34)c3nncn13)CCO2. The van der Waals surface area contributed by atoms with Gasteiger partial charge in [0.25, 0.3) is 0 Å². The fourth-order valence-electron chi connectivity index (χ4n) is 6.56. The van der Waals surface area contributed by atoms with Gasteiger partial charge in [-0.15, -0.1) is 10.2 Å². The third-order valence-corrected chi connectivity index (χ3v) is 8.74. The van der Waals surface area contributed by atoms with Crippen LogP contribution >= 0.6 is 0 Å². The first-order valence-corrected chi connectivity index (χ1v) is 14.5. The van der Waals surface area contributed by atoms with Crippen molar-refractivity contribution in [3.63, 3.8) is 0 Å². The molecule has 5 aromatic rings. The molecule has 3 aliphatic rings. The van der Waals surface area contributed by atoms with Gasteiger partial charge in [-0.2, -0.15) is 9.61 Å². The van der Waals surface area contributed by atoms with Gasteiger partial charge in [-0.05, 0) is 37.1 Å². The molecule has 0 unspecified atom stereocenters. The highest BCUT2D eigenvalue weighted by Gasteiger charge is 2.28. The number of hydrogen-bond donors (Lipinski definition) is 1. The van der Waals surface area contributed by atoms with Crippen molar-refractivity contribution in [3.05, 3.63) is 60.1 Å². The van der Waals surface area contributed by atoms with E-state index < -0.39 is 0 Å². The van der Waals surface area contributed by atoms with Gasteiger partial charge in [0.2, 0.25) is 5.95 Å². The minimum Gasteiger partial charge on any atom is -0.493 e. The van der Waals surface area contributed by atoms with E-state index in [2.05, 4.69) is 52.5 Å². The summed E-state index contributed by atoms with van der Waals surface area (Å²) in [5, 5.41) is 16.4. The third kappa shape index (κ3) is 4.31. The summed E-state index contributed by atoms with van der Waals surface area (Å²) in [5.74, 6) is 2.03. The van der Waals surface area contributed by atoms with E-state index in [0.29, 0.717) is 36.2 Å². The number of hydrogen-bond acceptors (Lipinski definition) is 10. The van der Waals surface area contributed by atoms with Gasteiger partial charge >= 0.3 is 0 Å². The van der Waals surface area contributed by atoms with Gasteiger partial charge in [-0.3, -0.25) is 9.30 Å². The molecule has 0 aliphatic carbocycles. The van der Waals surface area contributed by atoms with Crippen LogP contribution in [0.1, 0.15) is 24.0 Å². The van der Waals surface area contributed by atoms with Gasteiger partial charge < -0.3 is 19.7 Å². The lowest BCUT2D eigenvalue weighted by molar-refractivity contribution is 0.0114. The molecule has 2 saturated heterocycles. The van der Waals surface area contributed by atoms with E-state index in [9.17, 15) is 4.39 Å². The Morgan fingerprint density at radius 1 is 0.952 bits per heavy atom. The minimum absolute atomic E-state index is 0.261. The molecule has 1 N–H and O–H groups in total. The molecule has 2 fully saturated rings. The number of pyridine rings is 1. The lowest BCUT2D eigenvalue weighted by atomic mass is 10.0. The maximum Gasteiger partial charge on any atom is 0.210 e. The normalized spacial score (nSPS) is 18.1. The standard InChI is InChI=1S/C29H31FN10O2/c30-24-2-3-25-20(7-12-42-25)22(24)15-31-29-32-16-23(28-36-34-18-39(28)29)21-1-4-26(40-27(21)33-17-35-40)38-8-5-19(6-9-38)37-10-13-41-14-11-37/h1-4,16-19H,5-15H2,(H,31,32). The predicted octanol–water partition coefficient (Wildman–Crippen LogP) is 2.82. The smallest absolute Gasteiger partial charge is 0.210 e. The zero-order chi connectivity index (χ0) is 28.0. The number of nitrogens with zero attached hydrogens (tertiary/aromatic N) is 9. The van der Waals surface area contributed by atoms with Crippen LogP contribution in [0, 0.1) is 5.82 Å². The van der Waals surface area contributed by atoms with Crippen molar-refractivity contribution in [2.45, 2.75) is 31.8 Å². The first-order valence-electron chi connectivity index (χ1n) is 14.5. The van der Waals surface area contributed by atoms with Crippen LogP contribution < -0.4 is 15.0 Å². The highest BCUT2D eigenvalue weighted by atomic mass is 19.1. The van der Waals surface area contributed by atoms with Crippen molar-refractivity contribution in [1.29, 1.82) is 0 Å². The summed E-state index contributed by atoms with van der Waals surface area (Å²) in [4.78, 5) is 14.3. The van der Waals surface area contributed by atoms with Crippen LogP contribution in [0.3, 0.4) is 0 Å². The Morgan fingerprint density at radius 2 is 1.83 bits per heavy atom. The van der Waals surface area contributed by atoms with Crippen molar-refractivity contribution < 1.29 is 13.9 Å². The van der Waals surface area contributed by atoms with E-state index in [0.717, 1.165) is 86.1 Å². The lowest BCUT2D eigenvalue weighted by Gasteiger charge is -2.40. The van der Waals surface area contributed by atoms with Crippen LogP contribution in [0.4, 0.5) is 16.2 Å². The number of halogens is 1. The average molecular weight is 571 g/mol. The molecule has 0 atom stereocenters. The minimum atomic E-state index is -0.261. The third-order valence-electron chi connectivity index (χ3n) is 8.74. The lowest BCUT2D eigenvalue weighted by Crippen LogP contribution is -2.49. The van der Waals surface area contributed by atoms with Crippen molar-refractivity contribution in [2.24, 2.45) is 0 Å². The molecule has 12 nitrogen and oxygen atoms in total. The topological polar surface area (TPSA) is 110 Å². The second-order valence-corrected chi connectivity index (χ2v) is 10.9. The Bertz CT molecular complexity index is 1760. The number of nitrogens with one attached hydrogen (secondary N) is 1. The Balaban J connectivity index is 1.06. The molecule has 13 heteroatoms. The number of ether oxygens (including phenoxy) is 2. The molecule has 3 aliphatic heterocycles. The molecule has 0 amide bonds. The molecule has 42 heavy (non-hydrogen) atoms. The summed E-state index contributed by atoms with van der Waals surface area (Å²) in [7, 11) is 0. The summed E-state index contributed by atoms with van der Waals surface area (Å²) in [5.41, 5.74) is 4.50. The second kappa shape index (κ2) is 10.5. The highest BCUT2D eigenvalue weighted by molar-refractivity contribution is 5.86. The van der Waals surface area contributed by atoms with Crippen molar-refractivity contribution in [3.8, 4) is 16.9 Å². The maximum atomic E-state index is 14.7. The zero-order valence-electron chi connectivity index (χ0n) is 23.1. The molecular formula is C29H31FN10O2. The molecule has 4 aromatic heterocycles. The van der Waals surface area contributed by atoms with Crippen molar-refractivity contribution >= 4 is 23.1 Å². The Morgan fingerprint density at radius 3 is 2.71 bits per heavy atom. The number of morpholine rings is 1. The molecule has 7 heterocycles. The fourth-order valence-corrected chi connectivity index (χ4v) is 6.56. The van der Waals surface area contributed by atoms with Crippen LogP contribution in [-0.4, -0.2) is 91.1 Å². The van der Waals surface area contributed by atoms with Gasteiger partial charge in [-0.25, -0.2) is 14.4 Å². The second-order valence-electron chi connectivity index (χ2n) is 10.9. The largest absolute Gasteiger partial charge is 0.493 e. The van der Waals surface area contributed by atoms with Gasteiger partial charge in [-0.1, -0.05) is 0 Å². The van der Waals surface area contributed by atoms with E-state index >= 15 is 0 Å². The number of rotatable bonds is 6. The number of aromatic nitrogens is 7. The van der Waals surface area contributed by atoms with Gasteiger partial charge in [0.05, 0.1) is 19.8 Å². The van der Waals surface area contributed by atoms with E-state index in [1.54, 1.807) is 29.3 Å². The van der Waals surface area contributed by atoms with Crippen LogP contribution in [0.5, 0.6) is 5.75 Å². The molecule has 8 rings (SSSR count). The zero-order valence-corrected chi connectivity index (χ0v) is 23.1. The molecule has 0 bridgehead atoms. The van der Waals surface area contributed by atoms with Gasteiger partial charge in [0.1, 0.15) is 30.0 Å². The number of piperidine rings is 1. The van der Waals surface area contributed by atoms with Crippen molar-refractivity contribution in [1.82, 2.24) is 39.1 Å².